The smallest absolute Gasteiger partial charge is 0.308 e. The van der Waals surface area contributed by atoms with Crippen molar-refractivity contribution >= 4 is 38.4 Å². The number of anilines is 1. The molecule has 8 heteroatoms. The lowest BCUT2D eigenvalue weighted by Gasteiger charge is -2.11. The van der Waals surface area contributed by atoms with Crippen LogP contribution in [0.3, 0.4) is 0 Å². The van der Waals surface area contributed by atoms with E-state index in [1.807, 2.05) is 17.1 Å². The van der Waals surface area contributed by atoms with E-state index in [1.165, 1.54) is 7.11 Å². The standard InChI is InChI=1S/C14H17BrN4O2S/c1-21-13(20)9-2-3-11(4-9)18-14-16-6-12(22-14)8-19-7-10(15)5-17-19/h5-7,9,11H,2-4,8H2,1H3,(H,16,18)/t9-,11+/m0/s1. The second-order valence-electron chi connectivity index (χ2n) is 5.36. The second-order valence-corrected chi connectivity index (χ2v) is 7.39. The number of ether oxygens (including phenoxy) is 1. The maximum atomic E-state index is 11.5. The first kappa shape index (κ1) is 15.5. The van der Waals surface area contributed by atoms with Gasteiger partial charge in [-0.1, -0.05) is 0 Å². The second kappa shape index (κ2) is 6.78. The van der Waals surface area contributed by atoms with E-state index >= 15 is 0 Å². The van der Waals surface area contributed by atoms with E-state index in [0.717, 1.165) is 33.7 Å². The van der Waals surface area contributed by atoms with Crippen molar-refractivity contribution in [2.45, 2.75) is 31.8 Å². The summed E-state index contributed by atoms with van der Waals surface area (Å²) in [5, 5.41) is 8.56. The van der Waals surface area contributed by atoms with Crippen molar-refractivity contribution < 1.29 is 9.53 Å². The summed E-state index contributed by atoms with van der Waals surface area (Å²) in [5.74, 6) is -0.0863. The molecule has 118 valence electrons. The molecular formula is C14H17BrN4O2S. The van der Waals surface area contributed by atoms with Crippen LogP contribution in [0.25, 0.3) is 0 Å². The molecule has 2 aromatic heterocycles. The lowest BCUT2D eigenvalue weighted by molar-refractivity contribution is -0.145. The molecule has 0 aromatic carbocycles. The summed E-state index contributed by atoms with van der Waals surface area (Å²) in [4.78, 5) is 17.1. The number of hydrogen-bond acceptors (Lipinski definition) is 6. The van der Waals surface area contributed by atoms with Crippen LogP contribution in [0.2, 0.25) is 0 Å². The lowest BCUT2D eigenvalue weighted by Crippen LogP contribution is -2.18. The van der Waals surface area contributed by atoms with Gasteiger partial charge in [-0.2, -0.15) is 5.10 Å². The van der Waals surface area contributed by atoms with Gasteiger partial charge in [0.2, 0.25) is 0 Å². The van der Waals surface area contributed by atoms with Crippen molar-refractivity contribution in [2.24, 2.45) is 5.92 Å². The van der Waals surface area contributed by atoms with E-state index in [2.05, 4.69) is 31.3 Å². The van der Waals surface area contributed by atoms with Gasteiger partial charge in [-0.3, -0.25) is 9.48 Å². The minimum absolute atomic E-state index is 0.0170. The van der Waals surface area contributed by atoms with Crippen LogP contribution in [0.15, 0.2) is 23.1 Å². The highest BCUT2D eigenvalue weighted by Gasteiger charge is 2.30. The molecule has 6 nitrogen and oxygen atoms in total. The van der Waals surface area contributed by atoms with E-state index < -0.39 is 0 Å². The molecule has 1 aliphatic rings. The fraction of sp³-hybridized carbons (Fsp3) is 0.500. The Bertz CT molecular complexity index is 657. The van der Waals surface area contributed by atoms with Crippen LogP contribution in [-0.2, 0) is 16.1 Å². The third kappa shape index (κ3) is 3.67. The summed E-state index contributed by atoms with van der Waals surface area (Å²) in [6.45, 7) is 0.709. The number of thiazole rings is 1. The molecule has 1 aliphatic carbocycles. The minimum atomic E-state index is -0.103. The van der Waals surface area contributed by atoms with Crippen molar-refractivity contribution in [1.29, 1.82) is 0 Å². The SMILES string of the molecule is COC(=O)[C@H]1CC[C@@H](Nc2ncc(Cn3cc(Br)cn3)s2)C1. The Morgan fingerprint density at radius 3 is 3.14 bits per heavy atom. The molecule has 2 heterocycles. The van der Waals surface area contributed by atoms with Gasteiger partial charge in [0.1, 0.15) is 0 Å². The number of nitrogens with one attached hydrogen (secondary N) is 1. The minimum Gasteiger partial charge on any atom is -0.469 e. The first-order valence-corrected chi connectivity index (χ1v) is 8.72. The fourth-order valence-corrected chi connectivity index (χ4v) is 3.91. The number of halogens is 1. The van der Waals surface area contributed by atoms with E-state index in [-0.39, 0.29) is 11.9 Å². The zero-order chi connectivity index (χ0) is 15.5. The molecule has 0 spiro atoms. The zero-order valence-electron chi connectivity index (χ0n) is 12.2. The molecule has 2 aromatic rings. The van der Waals surface area contributed by atoms with Crippen LogP contribution in [0.4, 0.5) is 5.13 Å². The largest absolute Gasteiger partial charge is 0.469 e. The number of rotatable bonds is 5. The molecular weight excluding hydrogens is 368 g/mol. The summed E-state index contributed by atoms with van der Waals surface area (Å²) in [5.41, 5.74) is 0. The molecule has 0 bridgehead atoms. The van der Waals surface area contributed by atoms with Gasteiger partial charge < -0.3 is 10.1 Å². The van der Waals surface area contributed by atoms with Crippen LogP contribution >= 0.6 is 27.3 Å². The van der Waals surface area contributed by atoms with Crippen molar-refractivity contribution in [2.75, 3.05) is 12.4 Å². The van der Waals surface area contributed by atoms with Crippen molar-refractivity contribution in [3.63, 3.8) is 0 Å². The number of esters is 1. The number of nitrogens with zero attached hydrogens (tertiary/aromatic N) is 3. The predicted octanol–water partition coefficient (Wildman–Crippen LogP) is 2.90. The highest BCUT2D eigenvalue weighted by Crippen LogP contribution is 2.30. The summed E-state index contributed by atoms with van der Waals surface area (Å²) in [7, 11) is 1.45. The summed E-state index contributed by atoms with van der Waals surface area (Å²) in [6, 6.07) is 0.293. The van der Waals surface area contributed by atoms with E-state index in [0.29, 0.717) is 12.6 Å². The molecule has 22 heavy (non-hydrogen) atoms. The topological polar surface area (TPSA) is 69.0 Å². The van der Waals surface area contributed by atoms with Crippen LogP contribution in [0, 0.1) is 5.92 Å². The quantitative estimate of drug-likeness (QED) is 0.802. The van der Waals surface area contributed by atoms with Crippen molar-refractivity contribution in [1.82, 2.24) is 14.8 Å². The van der Waals surface area contributed by atoms with Crippen molar-refractivity contribution in [3.8, 4) is 0 Å². The van der Waals surface area contributed by atoms with E-state index in [9.17, 15) is 4.79 Å². The van der Waals surface area contributed by atoms with Crippen LogP contribution in [0.5, 0.6) is 0 Å². The molecule has 0 aliphatic heterocycles. The molecule has 1 N–H and O–H groups in total. The van der Waals surface area contributed by atoms with Crippen molar-refractivity contribution in [3.05, 3.63) is 27.9 Å². The first-order chi connectivity index (χ1) is 10.6. The van der Waals surface area contributed by atoms with Gasteiger partial charge >= 0.3 is 5.97 Å². The number of hydrogen-bond donors (Lipinski definition) is 1. The number of carbonyl (C=O) groups excluding carboxylic acids is 1. The Hall–Kier alpha value is -1.41. The van der Waals surface area contributed by atoms with Crippen LogP contribution < -0.4 is 5.32 Å². The first-order valence-electron chi connectivity index (χ1n) is 7.11. The van der Waals surface area contributed by atoms with Gasteiger partial charge in [-0.05, 0) is 35.2 Å². The highest BCUT2D eigenvalue weighted by atomic mass is 79.9. The maximum absolute atomic E-state index is 11.5. The lowest BCUT2D eigenvalue weighted by atomic mass is 10.1. The third-order valence-corrected chi connectivity index (χ3v) is 5.09. The third-order valence-electron chi connectivity index (χ3n) is 3.77. The predicted molar refractivity (Wildman–Crippen MR) is 87.9 cm³/mol. The van der Waals surface area contributed by atoms with Gasteiger partial charge in [0, 0.05) is 23.3 Å². The average Bonchev–Trinajstić information content (AvgIpc) is 3.22. The van der Waals surface area contributed by atoms with E-state index in [1.54, 1.807) is 17.5 Å². The van der Waals surface area contributed by atoms with Gasteiger partial charge in [-0.25, -0.2) is 4.98 Å². The Morgan fingerprint density at radius 2 is 2.41 bits per heavy atom. The summed E-state index contributed by atoms with van der Waals surface area (Å²) < 4.78 is 7.64. The Kier molecular flexibility index (Phi) is 4.77. The molecule has 0 amide bonds. The Balaban J connectivity index is 1.55. The monoisotopic (exact) mass is 384 g/mol. The molecule has 3 rings (SSSR count). The Morgan fingerprint density at radius 1 is 1.55 bits per heavy atom. The molecule has 1 fully saturated rings. The average molecular weight is 385 g/mol. The van der Waals surface area contributed by atoms with E-state index in [4.69, 9.17) is 4.74 Å². The molecule has 1 saturated carbocycles. The van der Waals surface area contributed by atoms with Crippen LogP contribution in [0.1, 0.15) is 24.1 Å². The van der Waals surface area contributed by atoms with Gasteiger partial charge in [0.25, 0.3) is 0 Å². The maximum Gasteiger partial charge on any atom is 0.308 e. The molecule has 0 saturated heterocycles. The molecule has 2 atom stereocenters. The molecule has 0 radical (unpaired) electrons. The zero-order valence-corrected chi connectivity index (χ0v) is 14.6. The van der Waals surface area contributed by atoms with Gasteiger partial charge in [0.05, 0.1) is 30.2 Å². The number of carbonyl (C=O) groups is 1. The number of methoxy groups -OCH3 is 1. The van der Waals surface area contributed by atoms with Crippen LogP contribution in [-0.4, -0.2) is 33.9 Å². The van der Waals surface area contributed by atoms with Gasteiger partial charge in [-0.15, -0.1) is 11.3 Å². The summed E-state index contributed by atoms with van der Waals surface area (Å²) in [6.07, 6.45) is 8.24. The Labute approximate surface area is 141 Å². The van der Waals surface area contributed by atoms with Gasteiger partial charge in [0.15, 0.2) is 5.13 Å². The normalized spacial score (nSPS) is 21.0. The number of aromatic nitrogens is 3. The fourth-order valence-electron chi connectivity index (χ4n) is 2.70. The summed E-state index contributed by atoms with van der Waals surface area (Å²) >= 11 is 5.01. The highest BCUT2D eigenvalue weighted by molar-refractivity contribution is 9.10. The molecule has 0 unspecified atom stereocenters.